The second-order valence-corrected chi connectivity index (χ2v) is 13.7. The van der Waals surface area contributed by atoms with Crippen LogP contribution in [0.1, 0.15) is 105 Å². The maximum Gasteiger partial charge on any atom is 0.302 e. The predicted octanol–water partition coefficient (Wildman–Crippen LogP) is 5.72. The fourth-order valence-corrected chi connectivity index (χ4v) is 10.3. The summed E-state index contributed by atoms with van der Waals surface area (Å²) in [7, 11) is 0. The number of carbonyl (C=O) groups is 1. The molecular formula is C29H49NO3. The third-order valence-corrected chi connectivity index (χ3v) is 12.0. The molecule has 0 unspecified atom stereocenters. The number of rotatable bonds is 3. The Hall–Kier alpha value is -0.610. The normalized spacial score (nSPS) is 51.6. The number of fused-ring (bicyclic) bond motifs is 5. The molecule has 4 saturated carbocycles. The first-order chi connectivity index (χ1) is 15.6. The highest BCUT2D eigenvalue weighted by molar-refractivity contribution is 5.66. The number of ether oxygens (including phenoxy) is 1. The highest BCUT2D eigenvalue weighted by Crippen LogP contribution is 2.68. The van der Waals surface area contributed by atoms with Crippen LogP contribution in [0.25, 0.3) is 0 Å². The smallest absolute Gasteiger partial charge is 0.302 e. The quantitative estimate of drug-likeness (QED) is 0.530. The average Bonchev–Trinajstić information content (AvgIpc) is 3.12. The van der Waals surface area contributed by atoms with Crippen LogP contribution in [0.4, 0.5) is 0 Å². The maximum absolute atomic E-state index is 12.0. The van der Waals surface area contributed by atoms with Crippen molar-refractivity contribution in [1.82, 2.24) is 5.32 Å². The summed E-state index contributed by atoms with van der Waals surface area (Å²) in [5, 5.41) is 15.7. The van der Waals surface area contributed by atoms with Crippen LogP contribution in [0.15, 0.2) is 0 Å². The summed E-state index contributed by atoms with van der Waals surface area (Å²) < 4.78 is 5.65. The third-order valence-electron chi connectivity index (χ3n) is 12.0. The molecule has 5 rings (SSSR count). The Morgan fingerprint density at radius 1 is 0.970 bits per heavy atom. The lowest BCUT2D eigenvalue weighted by molar-refractivity contribution is -0.165. The van der Waals surface area contributed by atoms with E-state index in [9.17, 15) is 9.90 Å². The molecule has 11 atom stereocenters. The monoisotopic (exact) mass is 459 g/mol. The fourth-order valence-electron chi connectivity index (χ4n) is 10.3. The van der Waals surface area contributed by atoms with Gasteiger partial charge in [0, 0.05) is 13.0 Å². The second kappa shape index (κ2) is 8.50. The van der Waals surface area contributed by atoms with Gasteiger partial charge in [-0.2, -0.15) is 0 Å². The van der Waals surface area contributed by atoms with Gasteiger partial charge in [0.2, 0.25) is 0 Å². The minimum Gasteiger partial charge on any atom is -0.463 e. The van der Waals surface area contributed by atoms with Crippen LogP contribution < -0.4 is 5.32 Å². The molecule has 2 N–H and O–H groups in total. The molecule has 188 valence electrons. The van der Waals surface area contributed by atoms with E-state index in [2.05, 4.69) is 33.0 Å². The Bertz CT molecular complexity index is 743. The Morgan fingerprint density at radius 2 is 1.70 bits per heavy atom. The molecule has 4 aliphatic carbocycles. The van der Waals surface area contributed by atoms with E-state index in [1.165, 1.54) is 51.4 Å². The lowest BCUT2D eigenvalue weighted by Crippen LogP contribution is -2.60. The summed E-state index contributed by atoms with van der Waals surface area (Å²) in [6.45, 7) is 12.2. The molecule has 1 aliphatic heterocycles. The molecule has 33 heavy (non-hydrogen) atoms. The molecule has 0 radical (unpaired) electrons. The molecule has 4 heteroatoms. The lowest BCUT2D eigenvalue weighted by Gasteiger charge is -2.62. The number of hydrogen-bond donors (Lipinski definition) is 2. The zero-order chi connectivity index (χ0) is 23.6. The number of hydrogen-bond acceptors (Lipinski definition) is 4. The van der Waals surface area contributed by atoms with E-state index in [1.807, 2.05) is 0 Å². The Morgan fingerprint density at radius 3 is 2.39 bits per heavy atom. The molecule has 5 aliphatic rings. The molecular weight excluding hydrogens is 410 g/mol. The van der Waals surface area contributed by atoms with E-state index in [4.69, 9.17) is 4.74 Å². The van der Waals surface area contributed by atoms with Crippen LogP contribution in [0.5, 0.6) is 0 Å². The van der Waals surface area contributed by atoms with E-state index in [0.717, 1.165) is 49.5 Å². The van der Waals surface area contributed by atoms with Gasteiger partial charge < -0.3 is 15.2 Å². The molecule has 4 nitrogen and oxygen atoms in total. The third kappa shape index (κ3) is 3.90. The van der Waals surface area contributed by atoms with E-state index < -0.39 is 5.60 Å². The topological polar surface area (TPSA) is 58.6 Å². The summed E-state index contributed by atoms with van der Waals surface area (Å²) >= 11 is 0. The van der Waals surface area contributed by atoms with Crippen LogP contribution in [-0.4, -0.2) is 35.4 Å². The van der Waals surface area contributed by atoms with E-state index in [0.29, 0.717) is 17.3 Å². The molecule has 0 bridgehead atoms. The summed E-state index contributed by atoms with van der Waals surface area (Å²) in [4.78, 5) is 11.5. The van der Waals surface area contributed by atoms with E-state index in [-0.39, 0.29) is 23.5 Å². The zero-order valence-corrected chi connectivity index (χ0v) is 21.9. The van der Waals surface area contributed by atoms with Crippen molar-refractivity contribution in [3.8, 4) is 0 Å². The molecule has 0 amide bonds. The first kappa shape index (κ1) is 24.1. The van der Waals surface area contributed by atoms with Crippen LogP contribution in [0.2, 0.25) is 0 Å². The standard InChI is InChI=1S/C29H49NO3/c1-18-6-11-26(30-17-18)29(5,32)25-10-9-23-22-8-7-20-16-21(33-19(2)31)12-14-27(20,3)24(22)13-15-28(23,25)4/h18,20-26,30,32H,6-17H2,1-5H3/t18-,20+,21+,22+,23+,24+,25+,26+,27+,28+,29-/m1/s1. The molecule has 0 aromatic carbocycles. The van der Waals surface area contributed by atoms with Crippen LogP contribution >= 0.6 is 0 Å². The van der Waals surface area contributed by atoms with Crippen LogP contribution in [0.3, 0.4) is 0 Å². The molecule has 5 fully saturated rings. The van der Waals surface area contributed by atoms with Crippen molar-refractivity contribution in [1.29, 1.82) is 0 Å². The SMILES string of the molecule is CC(=O)O[C@H]1CC[C@@]2(C)[C@@H](CC[C@@H]3[C@@H]2CC[C@]2(C)[C@@H]([C@@](C)(O)[C@@H]4CC[C@@H](C)CN4)CC[C@@H]32)C1. The number of aliphatic hydroxyl groups is 1. The number of piperidine rings is 1. The van der Waals surface area contributed by atoms with Gasteiger partial charge in [-0.25, -0.2) is 0 Å². The average molecular weight is 460 g/mol. The van der Waals surface area contributed by atoms with Gasteiger partial charge >= 0.3 is 5.97 Å². The van der Waals surface area contributed by atoms with Gasteiger partial charge in [0.25, 0.3) is 0 Å². The van der Waals surface area contributed by atoms with E-state index >= 15 is 0 Å². The molecule has 0 aromatic heterocycles. The Labute approximate surface area is 202 Å². The van der Waals surface area contributed by atoms with Crippen molar-refractivity contribution in [3.63, 3.8) is 0 Å². The largest absolute Gasteiger partial charge is 0.463 e. The summed E-state index contributed by atoms with van der Waals surface area (Å²) in [6, 6.07) is 0.247. The zero-order valence-electron chi connectivity index (χ0n) is 21.9. The van der Waals surface area contributed by atoms with Gasteiger partial charge in [0.05, 0.1) is 5.60 Å². The fraction of sp³-hybridized carbons (Fsp3) is 0.966. The van der Waals surface area contributed by atoms with Crippen molar-refractivity contribution in [2.45, 2.75) is 123 Å². The molecule has 1 heterocycles. The minimum absolute atomic E-state index is 0.114. The van der Waals surface area contributed by atoms with Crippen LogP contribution in [-0.2, 0) is 9.53 Å². The Kier molecular flexibility index (Phi) is 6.21. The van der Waals surface area contributed by atoms with Crippen molar-refractivity contribution in [3.05, 3.63) is 0 Å². The van der Waals surface area contributed by atoms with Crippen molar-refractivity contribution < 1.29 is 14.6 Å². The highest BCUT2D eigenvalue weighted by atomic mass is 16.5. The van der Waals surface area contributed by atoms with Crippen molar-refractivity contribution in [2.24, 2.45) is 46.3 Å². The number of carbonyl (C=O) groups excluding carboxylic acids is 1. The molecule has 1 saturated heterocycles. The molecule has 0 spiro atoms. The van der Waals surface area contributed by atoms with Gasteiger partial charge in [-0.05, 0) is 130 Å². The Balaban J connectivity index is 1.32. The maximum atomic E-state index is 12.0. The summed E-state index contributed by atoms with van der Waals surface area (Å²) in [5.41, 5.74) is 0.0653. The van der Waals surface area contributed by atoms with Gasteiger partial charge in [-0.3, -0.25) is 4.79 Å². The number of esters is 1. The second-order valence-electron chi connectivity index (χ2n) is 13.7. The number of nitrogens with one attached hydrogen (secondary N) is 1. The van der Waals surface area contributed by atoms with Crippen molar-refractivity contribution >= 4 is 5.97 Å². The molecule has 0 aromatic rings. The van der Waals surface area contributed by atoms with Crippen molar-refractivity contribution in [2.75, 3.05) is 6.54 Å². The lowest BCUT2D eigenvalue weighted by atomic mass is 9.44. The van der Waals surface area contributed by atoms with E-state index in [1.54, 1.807) is 6.92 Å². The van der Waals surface area contributed by atoms with Gasteiger partial charge in [0.1, 0.15) is 6.10 Å². The van der Waals surface area contributed by atoms with Crippen LogP contribution in [0, 0.1) is 46.3 Å². The van der Waals surface area contributed by atoms with Gasteiger partial charge in [0.15, 0.2) is 0 Å². The minimum atomic E-state index is -0.611. The predicted molar refractivity (Wildman–Crippen MR) is 132 cm³/mol. The first-order valence-corrected chi connectivity index (χ1v) is 14.2. The van der Waals surface area contributed by atoms with Gasteiger partial charge in [-0.15, -0.1) is 0 Å². The summed E-state index contributed by atoms with van der Waals surface area (Å²) in [5.74, 6) is 4.12. The van der Waals surface area contributed by atoms with Gasteiger partial charge in [-0.1, -0.05) is 20.8 Å². The first-order valence-electron chi connectivity index (χ1n) is 14.2. The summed E-state index contributed by atoms with van der Waals surface area (Å²) in [6.07, 6.45) is 13.6. The highest BCUT2D eigenvalue weighted by Gasteiger charge is 2.63.